The molecule has 2 N–H and O–H groups in total. The summed E-state index contributed by atoms with van der Waals surface area (Å²) in [6, 6.07) is 9.53. The number of anilines is 1. The molecular formula is C19H18ClN5O2S. The SMILES string of the molecule is O=C(NCc1ccccc1)C1CCN1c1nc2c(=O)[nH]c(C3(Cl)CC3)nc2s1. The summed E-state index contributed by atoms with van der Waals surface area (Å²) in [5, 5.41) is 3.63. The average molecular weight is 416 g/mol. The predicted octanol–water partition coefficient (Wildman–Crippen LogP) is 2.50. The quantitative estimate of drug-likeness (QED) is 0.625. The van der Waals surface area contributed by atoms with Crippen LogP contribution in [-0.4, -0.2) is 33.4 Å². The minimum absolute atomic E-state index is 0.0328. The first kappa shape index (κ1) is 17.6. The van der Waals surface area contributed by atoms with E-state index >= 15 is 0 Å². The number of halogens is 1. The lowest BCUT2D eigenvalue weighted by Crippen LogP contribution is -2.56. The molecule has 0 spiro atoms. The van der Waals surface area contributed by atoms with E-state index in [-0.39, 0.29) is 17.5 Å². The molecule has 28 heavy (non-hydrogen) atoms. The van der Waals surface area contributed by atoms with Crippen molar-refractivity contribution in [2.45, 2.75) is 36.7 Å². The van der Waals surface area contributed by atoms with Gasteiger partial charge in [0, 0.05) is 13.1 Å². The van der Waals surface area contributed by atoms with Gasteiger partial charge in [0.05, 0.1) is 0 Å². The number of hydrogen-bond donors (Lipinski definition) is 2. The van der Waals surface area contributed by atoms with Crippen molar-refractivity contribution in [3.05, 3.63) is 52.1 Å². The van der Waals surface area contributed by atoms with Crippen molar-refractivity contribution in [1.29, 1.82) is 0 Å². The second-order valence-corrected chi connectivity index (χ2v) is 8.91. The van der Waals surface area contributed by atoms with Gasteiger partial charge in [-0.2, -0.15) is 0 Å². The van der Waals surface area contributed by atoms with E-state index < -0.39 is 4.87 Å². The minimum atomic E-state index is -0.534. The van der Waals surface area contributed by atoms with Gasteiger partial charge in [-0.1, -0.05) is 41.7 Å². The Morgan fingerprint density at radius 1 is 1.32 bits per heavy atom. The third-order valence-corrected chi connectivity index (χ3v) is 6.79. The second kappa shape index (κ2) is 6.56. The van der Waals surface area contributed by atoms with Crippen LogP contribution in [0.15, 0.2) is 35.1 Å². The Morgan fingerprint density at radius 3 is 2.79 bits per heavy atom. The Balaban J connectivity index is 1.34. The third kappa shape index (κ3) is 3.06. The van der Waals surface area contributed by atoms with Crippen LogP contribution in [0, 0.1) is 0 Å². The highest BCUT2D eigenvalue weighted by atomic mass is 35.5. The van der Waals surface area contributed by atoms with Crippen molar-refractivity contribution < 1.29 is 4.79 Å². The number of aromatic amines is 1. The van der Waals surface area contributed by atoms with Gasteiger partial charge in [0.2, 0.25) is 5.91 Å². The molecular weight excluding hydrogens is 398 g/mol. The summed E-state index contributed by atoms with van der Waals surface area (Å²) in [6.45, 7) is 1.22. The van der Waals surface area contributed by atoms with Crippen molar-refractivity contribution in [2.75, 3.05) is 11.4 Å². The third-order valence-electron chi connectivity index (χ3n) is 5.25. The van der Waals surface area contributed by atoms with Crippen LogP contribution in [-0.2, 0) is 16.2 Å². The normalized spacial score (nSPS) is 20.0. The number of aromatic nitrogens is 3. The number of H-pyrrole nitrogens is 1. The molecule has 5 rings (SSSR count). The van der Waals surface area contributed by atoms with Gasteiger partial charge < -0.3 is 15.2 Å². The number of fused-ring (bicyclic) bond motifs is 1. The number of nitrogens with zero attached hydrogens (tertiary/aromatic N) is 3. The molecule has 1 aliphatic carbocycles. The topological polar surface area (TPSA) is 91.0 Å². The Labute approximate surface area is 169 Å². The Bertz CT molecular complexity index is 1110. The highest BCUT2D eigenvalue weighted by Gasteiger charge is 2.45. The van der Waals surface area contributed by atoms with Crippen LogP contribution in [0.1, 0.15) is 30.7 Å². The molecule has 2 aliphatic rings. The van der Waals surface area contributed by atoms with Gasteiger partial charge in [0.15, 0.2) is 15.5 Å². The molecule has 0 bridgehead atoms. The molecule has 0 radical (unpaired) electrons. The molecule has 1 aliphatic heterocycles. The van der Waals surface area contributed by atoms with Crippen LogP contribution in [0.2, 0.25) is 0 Å². The molecule has 2 aromatic heterocycles. The van der Waals surface area contributed by atoms with E-state index in [9.17, 15) is 9.59 Å². The van der Waals surface area contributed by atoms with E-state index in [1.807, 2.05) is 35.2 Å². The van der Waals surface area contributed by atoms with E-state index in [0.29, 0.717) is 27.8 Å². The molecule has 7 nitrogen and oxygen atoms in total. The number of thiazole rings is 1. The lowest BCUT2D eigenvalue weighted by atomic mass is 10.0. The number of alkyl halides is 1. The molecule has 2 fully saturated rings. The van der Waals surface area contributed by atoms with Crippen molar-refractivity contribution in [3.63, 3.8) is 0 Å². The van der Waals surface area contributed by atoms with Gasteiger partial charge >= 0.3 is 0 Å². The number of hydrogen-bond acceptors (Lipinski definition) is 6. The second-order valence-electron chi connectivity index (χ2n) is 7.23. The van der Waals surface area contributed by atoms with Crippen LogP contribution >= 0.6 is 22.9 Å². The molecule has 1 amide bonds. The Kier molecular flexibility index (Phi) is 4.13. The number of amides is 1. The van der Waals surface area contributed by atoms with E-state index in [1.54, 1.807) is 0 Å². The number of benzene rings is 1. The number of carbonyl (C=O) groups is 1. The van der Waals surface area contributed by atoms with Crippen LogP contribution in [0.3, 0.4) is 0 Å². The molecule has 1 unspecified atom stereocenters. The molecule has 3 heterocycles. The van der Waals surface area contributed by atoms with Gasteiger partial charge in [-0.3, -0.25) is 9.59 Å². The van der Waals surface area contributed by atoms with Gasteiger partial charge in [-0.15, -0.1) is 11.6 Å². The van der Waals surface area contributed by atoms with Gasteiger partial charge in [0.1, 0.15) is 16.7 Å². The highest BCUT2D eigenvalue weighted by Crippen LogP contribution is 2.50. The standard InChI is InChI=1S/C19H18ClN5O2S/c20-19(7-8-19)17-23-15(27)13-16(24-17)28-18(22-13)25-9-6-12(25)14(26)21-10-11-4-2-1-3-5-11/h1-5,12H,6-10H2,(H,21,26)(H,23,24,27). The number of nitrogens with one attached hydrogen (secondary N) is 2. The number of carbonyl (C=O) groups excluding carboxylic acids is 1. The first-order chi connectivity index (χ1) is 13.5. The maximum atomic E-state index is 12.6. The van der Waals surface area contributed by atoms with Gasteiger partial charge in [-0.05, 0) is 24.8 Å². The van der Waals surface area contributed by atoms with Crippen LogP contribution in [0.25, 0.3) is 10.3 Å². The summed E-state index contributed by atoms with van der Waals surface area (Å²) in [7, 11) is 0. The summed E-state index contributed by atoms with van der Waals surface area (Å²) in [5.41, 5.74) is 1.08. The maximum absolute atomic E-state index is 12.6. The van der Waals surface area contributed by atoms with Crippen LogP contribution in [0.4, 0.5) is 5.13 Å². The Morgan fingerprint density at radius 2 is 2.11 bits per heavy atom. The van der Waals surface area contributed by atoms with Crippen LogP contribution < -0.4 is 15.8 Å². The zero-order chi connectivity index (χ0) is 19.3. The maximum Gasteiger partial charge on any atom is 0.278 e. The summed E-state index contributed by atoms with van der Waals surface area (Å²) >= 11 is 7.72. The van der Waals surface area contributed by atoms with E-state index in [2.05, 4.69) is 20.3 Å². The molecule has 1 aromatic carbocycles. The highest BCUT2D eigenvalue weighted by molar-refractivity contribution is 7.21. The molecule has 1 saturated carbocycles. The summed E-state index contributed by atoms with van der Waals surface area (Å²) < 4.78 is 0. The fraction of sp³-hybridized carbons (Fsp3) is 0.368. The van der Waals surface area contributed by atoms with Crippen molar-refractivity contribution in [2.24, 2.45) is 0 Å². The van der Waals surface area contributed by atoms with E-state index in [4.69, 9.17) is 11.6 Å². The first-order valence-corrected chi connectivity index (χ1v) is 10.4. The number of rotatable bonds is 5. The van der Waals surface area contributed by atoms with Crippen molar-refractivity contribution in [1.82, 2.24) is 20.3 Å². The summed E-state index contributed by atoms with van der Waals surface area (Å²) in [5.74, 6) is 0.484. The molecule has 1 saturated heterocycles. The molecule has 1 atom stereocenters. The van der Waals surface area contributed by atoms with E-state index in [1.165, 1.54) is 11.3 Å². The zero-order valence-electron chi connectivity index (χ0n) is 14.9. The predicted molar refractivity (Wildman–Crippen MR) is 109 cm³/mol. The minimum Gasteiger partial charge on any atom is -0.350 e. The lowest BCUT2D eigenvalue weighted by Gasteiger charge is -2.39. The largest absolute Gasteiger partial charge is 0.350 e. The first-order valence-electron chi connectivity index (χ1n) is 9.22. The van der Waals surface area contributed by atoms with E-state index in [0.717, 1.165) is 31.4 Å². The summed E-state index contributed by atoms with van der Waals surface area (Å²) in [4.78, 5) is 38.7. The average Bonchev–Trinajstić information content (AvgIpc) is 3.27. The van der Waals surface area contributed by atoms with Crippen molar-refractivity contribution >= 4 is 44.3 Å². The molecule has 144 valence electrons. The van der Waals surface area contributed by atoms with Gasteiger partial charge in [0.25, 0.3) is 5.56 Å². The van der Waals surface area contributed by atoms with Gasteiger partial charge in [-0.25, -0.2) is 9.97 Å². The Hall–Kier alpha value is -2.45. The lowest BCUT2D eigenvalue weighted by molar-refractivity contribution is -0.123. The van der Waals surface area contributed by atoms with Crippen molar-refractivity contribution in [3.8, 4) is 0 Å². The smallest absolute Gasteiger partial charge is 0.278 e. The molecule has 3 aromatic rings. The molecule has 9 heteroatoms. The monoisotopic (exact) mass is 415 g/mol. The fourth-order valence-electron chi connectivity index (χ4n) is 3.29. The summed E-state index contributed by atoms with van der Waals surface area (Å²) in [6.07, 6.45) is 2.38. The fourth-order valence-corrected chi connectivity index (χ4v) is 4.50. The van der Waals surface area contributed by atoms with Crippen LogP contribution in [0.5, 0.6) is 0 Å². The zero-order valence-corrected chi connectivity index (χ0v) is 16.5.